The summed E-state index contributed by atoms with van der Waals surface area (Å²) in [5, 5.41) is 0. The fourth-order valence-electron chi connectivity index (χ4n) is 2.13. The molecule has 0 unspecified atom stereocenters. The molecule has 0 saturated heterocycles. The first-order chi connectivity index (χ1) is 10.1. The molecule has 0 N–H and O–H groups in total. The topological polar surface area (TPSA) is 0 Å². The summed E-state index contributed by atoms with van der Waals surface area (Å²) in [7, 11) is 0. The van der Waals surface area contributed by atoms with Gasteiger partial charge in [-0.1, -0.05) is 47.2 Å². The van der Waals surface area contributed by atoms with Gasteiger partial charge in [-0.25, -0.2) is 0 Å². The molecule has 0 amide bonds. The minimum absolute atomic E-state index is 1.06. The quantitative estimate of drug-likeness (QED) is 0.524. The predicted octanol–water partition coefficient (Wildman–Crippen LogP) is 5.29. The molecule has 0 saturated carbocycles. The highest BCUT2D eigenvalue weighted by atomic mass is 14.0. The van der Waals surface area contributed by atoms with E-state index in [1.54, 1.807) is 0 Å². The number of aryl methyl sites for hydroxylation is 2. The molecule has 2 aromatic rings. The summed E-state index contributed by atoms with van der Waals surface area (Å²) in [6.07, 6.45) is 3.39. The molecule has 0 spiro atoms. The van der Waals surface area contributed by atoms with E-state index in [1.807, 2.05) is 0 Å². The van der Waals surface area contributed by atoms with E-state index in [-0.39, 0.29) is 0 Å². The Morgan fingerprint density at radius 1 is 0.905 bits per heavy atom. The van der Waals surface area contributed by atoms with Gasteiger partial charge in [-0.05, 0) is 62.9 Å². The van der Waals surface area contributed by atoms with Crippen molar-refractivity contribution in [2.24, 2.45) is 0 Å². The van der Waals surface area contributed by atoms with Crippen molar-refractivity contribution >= 4 is 0 Å². The third-order valence-electron chi connectivity index (χ3n) is 3.43. The molecule has 0 aromatic heterocycles. The van der Waals surface area contributed by atoms with Gasteiger partial charge >= 0.3 is 0 Å². The standard InChI is InChI=1S/C21H22/c1-17(2)5-4-6-19-11-13-21(14-12-19)16-15-20-9-7-18(3)8-10-20/h7-14H,1,4-6H2,2-3H3. The van der Waals surface area contributed by atoms with Crippen LogP contribution in [-0.4, -0.2) is 0 Å². The lowest BCUT2D eigenvalue weighted by Crippen LogP contribution is -1.86. The summed E-state index contributed by atoms with van der Waals surface area (Å²) in [5.74, 6) is 6.42. The summed E-state index contributed by atoms with van der Waals surface area (Å²) in [6, 6.07) is 16.9. The van der Waals surface area contributed by atoms with Crippen LogP contribution < -0.4 is 0 Å². The molecule has 0 aliphatic carbocycles. The molecule has 0 bridgehead atoms. The van der Waals surface area contributed by atoms with Crippen molar-refractivity contribution in [3.05, 3.63) is 82.9 Å². The van der Waals surface area contributed by atoms with Crippen LogP contribution >= 0.6 is 0 Å². The fourth-order valence-corrected chi connectivity index (χ4v) is 2.13. The van der Waals surface area contributed by atoms with Crippen molar-refractivity contribution in [3.63, 3.8) is 0 Å². The SMILES string of the molecule is C=C(C)CCCc1ccc(C#Cc2ccc(C)cc2)cc1. The van der Waals surface area contributed by atoms with Gasteiger partial charge in [0.15, 0.2) is 0 Å². The van der Waals surface area contributed by atoms with E-state index in [0.29, 0.717) is 0 Å². The third-order valence-corrected chi connectivity index (χ3v) is 3.43. The summed E-state index contributed by atoms with van der Waals surface area (Å²) in [5.41, 5.74) is 6.03. The van der Waals surface area contributed by atoms with E-state index in [2.05, 4.69) is 80.8 Å². The summed E-state index contributed by atoms with van der Waals surface area (Å²) in [4.78, 5) is 0. The maximum atomic E-state index is 3.94. The van der Waals surface area contributed by atoms with Gasteiger partial charge in [0.2, 0.25) is 0 Å². The average Bonchev–Trinajstić information content (AvgIpc) is 2.48. The molecular weight excluding hydrogens is 252 g/mol. The first-order valence-electron chi connectivity index (χ1n) is 7.45. The van der Waals surface area contributed by atoms with Crippen molar-refractivity contribution in [1.82, 2.24) is 0 Å². The molecule has 0 nitrogen and oxygen atoms in total. The Morgan fingerprint density at radius 3 is 1.95 bits per heavy atom. The normalized spacial score (nSPS) is 9.81. The monoisotopic (exact) mass is 274 g/mol. The average molecular weight is 274 g/mol. The van der Waals surface area contributed by atoms with Crippen LogP contribution in [0.5, 0.6) is 0 Å². The van der Waals surface area contributed by atoms with Crippen molar-refractivity contribution < 1.29 is 0 Å². The lowest BCUT2D eigenvalue weighted by molar-refractivity contribution is 0.814. The minimum Gasteiger partial charge on any atom is -0.100 e. The zero-order valence-corrected chi connectivity index (χ0v) is 12.9. The van der Waals surface area contributed by atoms with Crippen LogP contribution in [0.15, 0.2) is 60.7 Å². The second kappa shape index (κ2) is 7.50. The van der Waals surface area contributed by atoms with Gasteiger partial charge in [0.1, 0.15) is 0 Å². The van der Waals surface area contributed by atoms with Gasteiger partial charge in [-0.2, -0.15) is 0 Å². The Balaban J connectivity index is 1.96. The minimum atomic E-state index is 1.06. The highest BCUT2D eigenvalue weighted by Crippen LogP contribution is 2.10. The maximum absolute atomic E-state index is 3.94. The van der Waals surface area contributed by atoms with Gasteiger partial charge < -0.3 is 0 Å². The molecule has 2 aromatic carbocycles. The van der Waals surface area contributed by atoms with Crippen molar-refractivity contribution in [2.45, 2.75) is 33.1 Å². The summed E-state index contributed by atoms with van der Waals surface area (Å²) >= 11 is 0. The molecule has 0 aliphatic heterocycles. The Kier molecular flexibility index (Phi) is 5.41. The second-order valence-electron chi connectivity index (χ2n) is 5.62. The third kappa shape index (κ3) is 5.32. The van der Waals surface area contributed by atoms with Crippen LogP contribution in [0.2, 0.25) is 0 Å². The Hall–Kier alpha value is -2.26. The first kappa shape index (κ1) is 15.1. The lowest BCUT2D eigenvalue weighted by Gasteiger charge is -2.01. The maximum Gasteiger partial charge on any atom is 0.0249 e. The van der Waals surface area contributed by atoms with E-state index in [9.17, 15) is 0 Å². The van der Waals surface area contributed by atoms with Crippen LogP contribution in [-0.2, 0) is 6.42 Å². The molecule has 0 heteroatoms. The number of allylic oxidation sites excluding steroid dienone is 1. The van der Waals surface area contributed by atoms with Crippen molar-refractivity contribution in [1.29, 1.82) is 0 Å². The first-order valence-corrected chi connectivity index (χ1v) is 7.45. The largest absolute Gasteiger partial charge is 0.100 e. The molecule has 0 atom stereocenters. The second-order valence-corrected chi connectivity index (χ2v) is 5.62. The van der Waals surface area contributed by atoms with Crippen molar-refractivity contribution in [2.75, 3.05) is 0 Å². The Morgan fingerprint density at radius 2 is 1.43 bits per heavy atom. The van der Waals surface area contributed by atoms with E-state index in [4.69, 9.17) is 0 Å². The zero-order chi connectivity index (χ0) is 15.1. The molecule has 2 rings (SSSR count). The van der Waals surface area contributed by atoms with E-state index >= 15 is 0 Å². The molecular formula is C21H22. The number of hydrogen-bond acceptors (Lipinski definition) is 0. The van der Waals surface area contributed by atoms with Gasteiger partial charge in [0.05, 0.1) is 0 Å². The molecule has 0 fully saturated rings. The zero-order valence-electron chi connectivity index (χ0n) is 12.9. The molecule has 0 heterocycles. The number of benzene rings is 2. The van der Waals surface area contributed by atoms with E-state index < -0.39 is 0 Å². The Labute approximate surface area is 128 Å². The summed E-state index contributed by atoms with van der Waals surface area (Å²) < 4.78 is 0. The number of rotatable bonds is 4. The van der Waals surface area contributed by atoms with E-state index in [1.165, 1.54) is 23.1 Å². The molecule has 0 aliphatic rings. The predicted molar refractivity (Wildman–Crippen MR) is 91.4 cm³/mol. The smallest absolute Gasteiger partial charge is 0.0249 e. The molecule has 21 heavy (non-hydrogen) atoms. The molecule has 0 radical (unpaired) electrons. The highest BCUT2D eigenvalue weighted by molar-refractivity contribution is 5.43. The lowest BCUT2D eigenvalue weighted by atomic mass is 10.0. The fraction of sp³-hybridized carbons (Fsp3) is 0.238. The van der Waals surface area contributed by atoms with Gasteiger partial charge in [0.25, 0.3) is 0 Å². The molecule has 106 valence electrons. The van der Waals surface area contributed by atoms with E-state index in [0.717, 1.165) is 24.0 Å². The Bertz CT molecular complexity index is 646. The van der Waals surface area contributed by atoms with Crippen LogP contribution in [0.25, 0.3) is 0 Å². The van der Waals surface area contributed by atoms with Crippen LogP contribution in [0.1, 0.15) is 42.0 Å². The van der Waals surface area contributed by atoms with Crippen molar-refractivity contribution in [3.8, 4) is 11.8 Å². The van der Waals surface area contributed by atoms with Crippen LogP contribution in [0, 0.1) is 18.8 Å². The summed E-state index contributed by atoms with van der Waals surface area (Å²) in [6.45, 7) is 8.11. The highest BCUT2D eigenvalue weighted by Gasteiger charge is 1.94. The number of hydrogen-bond donors (Lipinski definition) is 0. The van der Waals surface area contributed by atoms with Gasteiger partial charge in [0, 0.05) is 11.1 Å². The van der Waals surface area contributed by atoms with Gasteiger partial charge in [-0.15, -0.1) is 6.58 Å². The van der Waals surface area contributed by atoms with Crippen LogP contribution in [0.4, 0.5) is 0 Å². The van der Waals surface area contributed by atoms with Crippen LogP contribution in [0.3, 0.4) is 0 Å². The van der Waals surface area contributed by atoms with Gasteiger partial charge in [-0.3, -0.25) is 0 Å².